The van der Waals surface area contributed by atoms with E-state index in [1.807, 2.05) is 6.07 Å². The molecule has 0 aliphatic carbocycles. The van der Waals surface area contributed by atoms with Crippen LogP contribution in [0.4, 0.5) is 0 Å². The first-order chi connectivity index (χ1) is 9.54. The molecule has 20 heavy (non-hydrogen) atoms. The molecule has 2 aromatic carbocycles. The number of nitriles is 1. The van der Waals surface area contributed by atoms with Crippen molar-refractivity contribution in [1.29, 1.82) is 5.26 Å². The lowest BCUT2D eigenvalue weighted by molar-refractivity contribution is 0.581. The van der Waals surface area contributed by atoms with E-state index in [1.54, 1.807) is 36.4 Å². The number of nitrogens with zero attached hydrogens (tertiary/aromatic N) is 1. The summed E-state index contributed by atoms with van der Waals surface area (Å²) in [7, 11) is -3.75. The average Bonchev–Trinajstić information content (AvgIpc) is 2.46. The second kappa shape index (κ2) is 6.06. The number of halogens is 1. The minimum absolute atomic E-state index is 0.0328. The fourth-order valence-electron chi connectivity index (χ4n) is 1.69. The third kappa shape index (κ3) is 3.17. The highest BCUT2D eigenvalue weighted by Crippen LogP contribution is 2.17. The SMILES string of the molecule is N#Cc1ccccc1S(=O)(=O)NCc1ccccc1Cl. The third-order valence-corrected chi connectivity index (χ3v) is 4.54. The molecule has 0 spiro atoms. The predicted molar refractivity (Wildman–Crippen MR) is 76.6 cm³/mol. The molecule has 4 nitrogen and oxygen atoms in total. The highest BCUT2D eigenvalue weighted by atomic mass is 35.5. The molecule has 0 atom stereocenters. The van der Waals surface area contributed by atoms with Crippen molar-refractivity contribution < 1.29 is 8.42 Å². The lowest BCUT2D eigenvalue weighted by atomic mass is 10.2. The fourth-order valence-corrected chi connectivity index (χ4v) is 3.05. The monoisotopic (exact) mass is 306 g/mol. The Morgan fingerprint density at radius 1 is 1.10 bits per heavy atom. The van der Waals surface area contributed by atoms with Gasteiger partial charge >= 0.3 is 0 Å². The van der Waals surface area contributed by atoms with Gasteiger partial charge in [-0.15, -0.1) is 0 Å². The Labute approximate surface area is 122 Å². The van der Waals surface area contributed by atoms with Gasteiger partial charge in [0.15, 0.2) is 0 Å². The van der Waals surface area contributed by atoms with E-state index in [1.165, 1.54) is 12.1 Å². The van der Waals surface area contributed by atoms with E-state index >= 15 is 0 Å². The van der Waals surface area contributed by atoms with Crippen molar-refractivity contribution in [2.45, 2.75) is 11.4 Å². The van der Waals surface area contributed by atoms with Gasteiger partial charge in [-0.2, -0.15) is 5.26 Å². The topological polar surface area (TPSA) is 70.0 Å². The second-order valence-electron chi connectivity index (χ2n) is 4.02. The van der Waals surface area contributed by atoms with Crippen LogP contribution in [0.15, 0.2) is 53.4 Å². The fraction of sp³-hybridized carbons (Fsp3) is 0.0714. The van der Waals surface area contributed by atoms with Gasteiger partial charge in [0.05, 0.1) is 10.5 Å². The Bertz CT molecular complexity index is 767. The van der Waals surface area contributed by atoms with E-state index in [4.69, 9.17) is 16.9 Å². The minimum atomic E-state index is -3.75. The van der Waals surface area contributed by atoms with Crippen molar-refractivity contribution in [3.05, 3.63) is 64.7 Å². The number of rotatable bonds is 4. The van der Waals surface area contributed by atoms with Gasteiger partial charge in [0.1, 0.15) is 6.07 Å². The van der Waals surface area contributed by atoms with Gasteiger partial charge < -0.3 is 0 Å². The van der Waals surface area contributed by atoms with Crippen LogP contribution in [-0.2, 0) is 16.6 Å². The highest BCUT2D eigenvalue weighted by Gasteiger charge is 2.18. The summed E-state index contributed by atoms with van der Waals surface area (Å²) in [6.45, 7) is 0.0712. The summed E-state index contributed by atoms with van der Waals surface area (Å²) in [5, 5.41) is 9.44. The van der Waals surface area contributed by atoms with Gasteiger partial charge in [-0.25, -0.2) is 13.1 Å². The molecule has 0 saturated carbocycles. The van der Waals surface area contributed by atoms with Crippen LogP contribution in [0.3, 0.4) is 0 Å². The molecule has 0 amide bonds. The molecule has 2 rings (SSSR count). The minimum Gasteiger partial charge on any atom is -0.207 e. The van der Waals surface area contributed by atoms with E-state index in [9.17, 15) is 8.42 Å². The second-order valence-corrected chi connectivity index (χ2v) is 6.17. The summed E-state index contributed by atoms with van der Waals surface area (Å²) in [6.07, 6.45) is 0. The summed E-state index contributed by atoms with van der Waals surface area (Å²) < 4.78 is 26.8. The maximum Gasteiger partial charge on any atom is 0.242 e. The molecule has 0 unspecified atom stereocenters. The van der Waals surface area contributed by atoms with E-state index in [0.717, 1.165) is 0 Å². The summed E-state index contributed by atoms with van der Waals surface area (Å²) in [6, 6.07) is 14.9. The van der Waals surface area contributed by atoms with Crippen LogP contribution in [0.25, 0.3) is 0 Å². The van der Waals surface area contributed by atoms with Crippen LogP contribution >= 0.6 is 11.6 Å². The maximum atomic E-state index is 12.2. The van der Waals surface area contributed by atoms with Crippen molar-refractivity contribution in [3.63, 3.8) is 0 Å². The van der Waals surface area contributed by atoms with Crippen molar-refractivity contribution in [2.24, 2.45) is 0 Å². The van der Waals surface area contributed by atoms with Gasteiger partial charge in [-0.1, -0.05) is 41.9 Å². The Hall–Kier alpha value is -1.87. The first-order valence-electron chi connectivity index (χ1n) is 5.77. The molecule has 2 aromatic rings. The van der Waals surface area contributed by atoms with Gasteiger partial charge in [-0.05, 0) is 23.8 Å². The van der Waals surface area contributed by atoms with E-state index < -0.39 is 10.0 Å². The zero-order valence-corrected chi connectivity index (χ0v) is 11.9. The standard InChI is InChI=1S/C14H11ClN2O2S/c15-13-7-3-1-6-12(13)10-17-20(18,19)14-8-4-2-5-11(14)9-16/h1-8,17H,10H2. The Balaban J connectivity index is 2.25. The molecule has 6 heteroatoms. The van der Waals surface area contributed by atoms with Crippen LogP contribution in [0.1, 0.15) is 11.1 Å². The largest absolute Gasteiger partial charge is 0.242 e. The van der Waals surface area contributed by atoms with Crippen LogP contribution in [0.2, 0.25) is 5.02 Å². The summed E-state index contributed by atoms with van der Waals surface area (Å²) in [4.78, 5) is -0.0328. The molecular formula is C14H11ClN2O2S. The summed E-state index contributed by atoms with van der Waals surface area (Å²) in [5.41, 5.74) is 0.784. The number of hydrogen-bond donors (Lipinski definition) is 1. The highest BCUT2D eigenvalue weighted by molar-refractivity contribution is 7.89. The molecule has 0 saturated heterocycles. The van der Waals surface area contributed by atoms with Crippen molar-refractivity contribution >= 4 is 21.6 Å². The lowest BCUT2D eigenvalue weighted by Crippen LogP contribution is -2.24. The molecule has 1 N–H and O–H groups in total. The smallest absolute Gasteiger partial charge is 0.207 e. The average molecular weight is 307 g/mol. The number of benzene rings is 2. The lowest BCUT2D eigenvalue weighted by Gasteiger charge is -2.09. The van der Waals surface area contributed by atoms with Crippen molar-refractivity contribution in [1.82, 2.24) is 4.72 Å². The van der Waals surface area contributed by atoms with E-state index in [2.05, 4.69) is 4.72 Å². The quantitative estimate of drug-likeness (QED) is 0.944. The Morgan fingerprint density at radius 2 is 1.75 bits per heavy atom. The number of nitrogens with one attached hydrogen (secondary N) is 1. The Morgan fingerprint density at radius 3 is 2.45 bits per heavy atom. The van der Waals surface area contributed by atoms with Crippen LogP contribution in [0.5, 0.6) is 0 Å². The summed E-state index contributed by atoms with van der Waals surface area (Å²) in [5.74, 6) is 0. The van der Waals surface area contributed by atoms with E-state index in [-0.39, 0.29) is 17.0 Å². The molecule has 0 fully saturated rings. The molecule has 0 bridgehead atoms. The van der Waals surface area contributed by atoms with Crippen LogP contribution < -0.4 is 4.72 Å². The van der Waals surface area contributed by atoms with E-state index in [0.29, 0.717) is 10.6 Å². The molecule has 0 aliphatic heterocycles. The van der Waals surface area contributed by atoms with Crippen molar-refractivity contribution in [3.8, 4) is 6.07 Å². The molecular weight excluding hydrogens is 296 g/mol. The third-order valence-electron chi connectivity index (χ3n) is 2.71. The maximum absolute atomic E-state index is 12.2. The first kappa shape index (κ1) is 14.5. The zero-order valence-electron chi connectivity index (χ0n) is 10.4. The molecule has 0 radical (unpaired) electrons. The summed E-state index contributed by atoms with van der Waals surface area (Å²) >= 11 is 5.97. The number of hydrogen-bond acceptors (Lipinski definition) is 3. The van der Waals surface area contributed by atoms with Crippen LogP contribution in [0, 0.1) is 11.3 Å². The van der Waals surface area contributed by atoms with Gasteiger partial charge in [0, 0.05) is 11.6 Å². The van der Waals surface area contributed by atoms with Gasteiger partial charge in [-0.3, -0.25) is 0 Å². The zero-order chi connectivity index (χ0) is 14.6. The molecule has 0 aliphatic rings. The normalized spacial score (nSPS) is 11.0. The molecule has 0 aromatic heterocycles. The first-order valence-corrected chi connectivity index (χ1v) is 7.63. The predicted octanol–water partition coefficient (Wildman–Crippen LogP) is 2.69. The molecule has 0 heterocycles. The van der Waals surface area contributed by atoms with Gasteiger partial charge in [0.25, 0.3) is 0 Å². The van der Waals surface area contributed by atoms with Crippen molar-refractivity contribution in [2.75, 3.05) is 0 Å². The van der Waals surface area contributed by atoms with Gasteiger partial charge in [0.2, 0.25) is 10.0 Å². The number of sulfonamides is 1. The Kier molecular flexibility index (Phi) is 4.40. The molecule has 102 valence electrons. The van der Waals surface area contributed by atoms with Crippen LogP contribution in [-0.4, -0.2) is 8.42 Å².